The summed E-state index contributed by atoms with van der Waals surface area (Å²) in [5.74, 6) is -0.699. The van der Waals surface area contributed by atoms with E-state index in [1.807, 2.05) is 6.92 Å². The van der Waals surface area contributed by atoms with Crippen molar-refractivity contribution in [3.63, 3.8) is 0 Å². The Morgan fingerprint density at radius 2 is 2.14 bits per heavy atom. The molecular weight excluding hydrogens is 311 g/mol. The van der Waals surface area contributed by atoms with Crippen molar-refractivity contribution in [1.29, 1.82) is 0 Å². The Morgan fingerprint density at radius 3 is 2.67 bits per heavy atom. The SMILES string of the molecule is CCCCN(C1CC1)S(=O)(=O)c1cccc(F)c1C(N)=S. The highest BCUT2D eigenvalue weighted by molar-refractivity contribution is 7.89. The fourth-order valence-corrected chi connectivity index (χ4v) is 4.47. The van der Waals surface area contributed by atoms with Crippen LogP contribution < -0.4 is 5.73 Å². The molecule has 1 aromatic rings. The van der Waals surface area contributed by atoms with Crippen molar-refractivity contribution in [2.24, 2.45) is 5.73 Å². The second-order valence-corrected chi connectivity index (χ2v) is 7.48. The van der Waals surface area contributed by atoms with Gasteiger partial charge in [-0.3, -0.25) is 0 Å². The maximum Gasteiger partial charge on any atom is 0.244 e. The van der Waals surface area contributed by atoms with Gasteiger partial charge in [-0.25, -0.2) is 12.8 Å². The number of benzene rings is 1. The molecule has 21 heavy (non-hydrogen) atoms. The Balaban J connectivity index is 2.47. The van der Waals surface area contributed by atoms with Gasteiger partial charge in [-0.1, -0.05) is 31.6 Å². The molecule has 0 amide bonds. The van der Waals surface area contributed by atoms with Gasteiger partial charge in [-0.05, 0) is 31.4 Å². The number of thiocarbonyl (C=S) groups is 1. The van der Waals surface area contributed by atoms with Crippen LogP contribution in [0.4, 0.5) is 4.39 Å². The van der Waals surface area contributed by atoms with E-state index in [0.29, 0.717) is 6.54 Å². The lowest BCUT2D eigenvalue weighted by atomic mass is 10.2. The van der Waals surface area contributed by atoms with Crippen molar-refractivity contribution in [3.8, 4) is 0 Å². The molecular formula is C14H19FN2O2S2. The first-order valence-electron chi connectivity index (χ1n) is 6.99. The summed E-state index contributed by atoms with van der Waals surface area (Å²) in [5, 5.41) is 0. The largest absolute Gasteiger partial charge is 0.389 e. The Labute approximate surface area is 130 Å². The molecule has 7 heteroatoms. The molecule has 1 aliphatic carbocycles. The molecule has 1 aliphatic rings. The lowest BCUT2D eigenvalue weighted by molar-refractivity contribution is 0.395. The van der Waals surface area contributed by atoms with Crippen molar-refractivity contribution in [2.75, 3.05) is 6.54 Å². The molecule has 2 rings (SSSR count). The van der Waals surface area contributed by atoms with Gasteiger partial charge in [-0.15, -0.1) is 0 Å². The predicted octanol–water partition coefficient (Wildman–Crippen LogP) is 2.41. The zero-order valence-electron chi connectivity index (χ0n) is 11.9. The third kappa shape index (κ3) is 3.41. The molecule has 4 nitrogen and oxygen atoms in total. The van der Waals surface area contributed by atoms with Crippen molar-refractivity contribution in [2.45, 2.75) is 43.5 Å². The first-order valence-corrected chi connectivity index (χ1v) is 8.84. The van der Waals surface area contributed by atoms with Gasteiger partial charge in [0.15, 0.2) is 0 Å². The van der Waals surface area contributed by atoms with Gasteiger partial charge in [0.05, 0.1) is 10.5 Å². The van der Waals surface area contributed by atoms with Crippen molar-refractivity contribution >= 4 is 27.2 Å². The topological polar surface area (TPSA) is 63.4 Å². The van der Waals surface area contributed by atoms with Crippen LogP contribution in [0.5, 0.6) is 0 Å². The summed E-state index contributed by atoms with van der Waals surface area (Å²) in [7, 11) is -3.78. The van der Waals surface area contributed by atoms with Gasteiger partial charge in [0.2, 0.25) is 10.0 Å². The van der Waals surface area contributed by atoms with Crippen LogP contribution in [-0.4, -0.2) is 30.3 Å². The van der Waals surface area contributed by atoms with Crippen LogP contribution in [0.2, 0.25) is 0 Å². The highest BCUT2D eigenvalue weighted by Gasteiger charge is 2.39. The lowest BCUT2D eigenvalue weighted by Crippen LogP contribution is -2.35. The monoisotopic (exact) mass is 330 g/mol. The number of sulfonamides is 1. The second-order valence-electron chi connectivity index (χ2n) is 5.18. The average molecular weight is 330 g/mol. The van der Waals surface area contributed by atoms with E-state index in [0.717, 1.165) is 25.7 Å². The van der Waals surface area contributed by atoms with E-state index in [2.05, 4.69) is 0 Å². The van der Waals surface area contributed by atoms with Crippen LogP contribution in [0.25, 0.3) is 0 Å². The molecule has 0 radical (unpaired) electrons. The first kappa shape index (κ1) is 16.3. The zero-order chi connectivity index (χ0) is 15.6. The molecule has 0 saturated heterocycles. The smallest absolute Gasteiger partial charge is 0.244 e. The summed E-state index contributed by atoms with van der Waals surface area (Å²) in [6.45, 7) is 2.44. The number of nitrogens with zero attached hydrogens (tertiary/aromatic N) is 1. The molecule has 0 aliphatic heterocycles. The maximum atomic E-state index is 13.9. The molecule has 0 bridgehead atoms. The second kappa shape index (κ2) is 6.37. The van der Waals surface area contributed by atoms with E-state index in [1.165, 1.54) is 22.5 Å². The van der Waals surface area contributed by atoms with Crippen LogP contribution >= 0.6 is 12.2 Å². The van der Waals surface area contributed by atoms with Gasteiger partial charge in [0.1, 0.15) is 10.8 Å². The third-order valence-electron chi connectivity index (χ3n) is 3.49. The van der Waals surface area contributed by atoms with Gasteiger partial charge >= 0.3 is 0 Å². The van der Waals surface area contributed by atoms with Crippen molar-refractivity contribution in [1.82, 2.24) is 4.31 Å². The predicted molar refractivity (Wildman–Crippen MR) is 84.1 cm³/mol. The molecule has 116 valence electrons. The van der Waals surface area contributed by atoms with Gasteiger partial charge in [0.25, 0.3) is 0 Å². The first-order chi connectivity index (χ1) is 9.89. The van der Waals surface area contributed by atoms with Gasteiger partial charge in [0, 0.05) is 12.6 Å². The summed E-state index contributed by atoms with van der Waals surface area (Å²) >= 11 is 4.82. The van der Waals surface area contributed by atoms with E-state index in [1.54, 1.807) is 0 Å². The summed E-state index contributed by atoms with van der Waals surface area (Å²) in [6, 6.07) is 3.92. The number of halogens is 1. The standard InChI is InChI=1S/C14H19FN2O2S2/c1-2-3-9-17(10-7-8-10)21(18,19)12-6-4-5-11(15)13(12)14(16)20/h4-6,10H,2-3,7-9H2,1H3,(H2,16,20). The molecule has 1 fully saturated rings. The minimum atomic E-state index is -3.78. The number of nitrogens with two attached hydrogens (primary N) is 1. The summed E-state index contributed by atoms with van der Waals surface area (Å²) in [4.78, 5) is -0.365. The fraction of sp³-hybridized carbons (Fsp3) is 0.500. The van der Waals surface area contributed by atoms with Gasteiger partial charge in [-0.2, -0.15) is 4.31 Å². The highest BCUT2D eigenvalue weighted by Crippen LogP contribution is 2.33. The number of hydrogen-bond acceptors (Lipinski definition) is 3. The van der Waals surface area contributed by atoms with Crippen LogP contribution in [0.3, 0.4) is 0 Å². The number of unbranched alkanes of at least 4 members (excludes halogenated alkanes) is 1. The number of rotatable bonds is 7. The van der Waals surface area contributed by atoms with E-state index in [-0.39, 0.29) is 21.5 Å². The van der Waals surface area contributed by atoms with Crippen molar-refractivity contribution in [3.05, 3.63) is 29.6 Å². The van der Waals surface area contributed by atoms with Gasteiger partial charge < -0.3 is 5.73 Å². The molecule has 0 unspecified atom stereocenters. The summed E-state index contributed by atoms with van der Waals surface area (Å²) < 4.78 is 41.1. The molecule has 2 N–H and O–H groups in total. The third-order valence-corrected chi connectivity index (χ3v) is 5.69. The minimum absolute atomic E-state index is 0.0176. The van der Waals surface area contributed by atoms with E-state index < -0.39 is 15.8 Å². The average Bonchev–Trinajstić information content (AvgIpc) is 3.22. The fourth-order valence-electron chi connectivity index (χ4n) is 2.26. The van der Waals surface area contributed by atoms with Crippen molar-refractivity contribution < 1.29 is 12.8 Å². The van der Waals surface area contributed by atoms with Crippen LogP contribution in [0.15, 0.2) is 23.1 Å². The molecule has 0 atom stereocenters. The Bertz CT molecular complexity index is 642. The minimum Gasteiger partial charge on any atom is -0.389 e. The highest BCUT2D eigenvalue weighted by atomic mass is 32.2. The molecule has 0 aromatic heterocycles. The maximum absolute atomic E-state index is 13.9. The summed E-state index contributed by atoms with van der Waals surface area (Å²) in [6.07, 6.45) is 3.36. The normalized spacial score (nSPS) is 15.4. The number of hydrogen-bond donors (Lipinski definition) is 1. The Kier molecular flexibility index (Phi) is 4.95. The van der Waals surface area contributed by atoms with Crippen LogP contribution in [0, 0.1) is 5.82 Å². The lowest BCUT2D eigenvalue weighted by Gasteiger charge is -2.23. The van der Waals surface area contributed by atoms with E-state index >= 15 is 0 Å². The molecule has 0 spiro atoms. The van der Waals surface area contributed by atoms with E-state index in [9.17, 15) is 12.8 Å². The quantitative estimate of drug-likeness (QED) is 0.780. The summed E-state index contributed by atoms with van der Waals surface area (Å²) in [5.41, 5.74) is 5.33. The van der Waals surface area contributed by atoms with Crippen LogP contribution in [0.1, 0.15) is 38.2 Å². The Hall–Kier alpha value is -1.05. The molecule has 0 heterocycles. The Morgan fingerprint density at radius 1 is 1.48 bits per heavy atom. The van der Waals surface area contributed by atoms with E-state index in [4.69, 9.17) is 18.0 Å². The molecule has 1 aromatic carbocycles. The van der Waals surface area contributed by atoms with Crippen LogP contribution in [-0.2, 0) is 10.0 Å². The zero-order valence-corrected chi connectivity index (χ0v) is 13.5. The molecule has 1 saturated carbocycles.